The van der Waals surface area contributed by atoms with Crippen LogP contribution >= 0.6 is 11.6 Å². The van der Waals surface area contributed by atoms with Gasteiger partial charge in [0.25, 0.3) is 11.8 Å². The van der Waals surface area contributed by atoms with E-state index in [1.54, 1.807) is 17.0 Å². The molecule has 2 heterocycles. The fourth-order valence-electron chi connectivity index (χ4n) is 4.27. The summed E-state index contributed by atoms with van der Waals surface area (Å²) in [6.07, 6.45) is 5.40. The molecule has 2 amide bonds. The molecule has 0 fully saturated rings. The molecule has 0 bridgehead atoms. The van der Waals surface area contributed by atoms with E-state index < -0.39 is 0 Å². The molecule has 2 N–H and O–H groups in total. The zero-order chi connectivity index (χ0) is 24.2. The van der Waals surface area contributed by atoms with Crippen LogP contribution in [0, 0.1) is 6.92 Å². The molecule has 0 saturated carbocycles. The van der Waals surface area contributed by atoms with E-state index in [2.05, 4.69) is 29.4 Å². The first-order chi connectivity index (χ1) is 16.4. The normalized spacial score (nSPS) is 13.9. The molecule has 1 aliphatic rings. The summed E-state index contributed by atoms with van der Waals surface area (Å²) in [4.78, 5) is 27.9. The number of fused-ring (bicyclic) bond motifs is 1. The largest absolute Gasteiger partial charge is 0.351 e. The van der Waals surface area contributed by atoms with E-state index in [-0.39, 0.29) is 11.8 Å². The highest BCUT2D eigenvalue weighted by atomic mass is 35.5. The second-order valence-electron chi connectivity index (χ2n) is 8.32. The molecule has 1 aliphatic heterocycles. The molecule has 2 aromatic carbocycles. The van der Waals surface area contributed by atoms with Crippen LogP contribution in [-0.2, 0) is 4.79 Å². The number of anilines is 1. The average molecular weight is 477 g/mol. The van der Waals surface area contributed by atoms with Gasteiger partial charge in [-0.3, -0.25) is 9.59 Å². The lowest BCUT2D eigenvalue weighted by Crippen LogP contribution is -2.34. The van der Waals surface area contributed by atoms with Gasteiger partial charge >= 0.3 is 0 Å². The van der Waals surface area contributed by atoms with E-state index in [1.807, 2.05) is 55.6 Å². The zero-order valence-electron chi connectivity index (χ0n) is 19.7. The third-order valence-electron chi connectivity index (χ3n) is 6.14. The summed E-state index contributed by atoms with van der Waals surface area (Å²) in [5.74, 6) is -0.293. The van der Waals surface area contributed by atoms with E-state index in [0.717, 1.165) is 47.6 Å². The summed E-state index contributed by atoms with van der Waals surface area (Å²) in [7, 11) is 0. The van der Waals surface area contributed by atoms with Crippen LogP contribution in [0.5, 0.6) is 0 Å². The molecular weight excluding hydrogens is 448 g/mol. The number of likely N-dealkylation sites (N-methyl/N-ethyl adjacent to an activating group) is 1. The number of nitrogens with one attached hydrogen (secondary N) is 2. The lowest BCUT2D eigenvalue weighted by molar-refractivity contribution is -0.110. The number of benzene rings is 2. The molecule has 34 heavy (non-hydrogen) atoms. The number of aryl methyl sites for hydroxylation is 1. The van der Waals surface area contributed by atoms with Gasteiger partial charge < -0.3 is 20.1 Å². The van der Waals surface area contributed by atoms with Gasteiger partial charge in [0.05, 0.1) is 11.1 Å². The number of rotatable bonds is 8. The van der Waals surface area contributed by atoms with Crippen LogP contribution in [0.25, 0.3) is 22.9 Å². The Kier molecular flexibility index (Phi) is 7.20. The van der Waals surface area contributed by atoms with Gasteiger partial charge in [-0.25, -0.2) is 0 Å². The van der Waals surface area contributed by atoms with Gasteiger partial charge in [-0.2, -0.15) is 0 Å². The van der Waals surface area contributed by atoms with Crippen LogP contribution in [-0.4, -0.2) is 47.5 Å². The summed E-state index contributed by atoms with van der Waals surface area (Å²) >= 11 is 6.22. The molecule has 0 spiro atoms. The lowest BCUT2D eigenvalue weighted by Gasteiger charge is -2.17. The van der Waals surface area contributed by atoms with Crippen molar-refractivity contribution in [3.63, 3.8) is 0 Å². The van der Waals surface area contributed by atoms with Crippen molar-refractivity contribution < 1.29 is 9.59 Å². The van der Waals surface area contributed by atoms with Crippen LogP contribution in [0.4, 0.5) is 5.69 Å². The van der Waals surface area contributed by atoms with Crippen molar-refractivity contribution in [2.75, 3.05) is 31.5 Å². The monoisotopic (exact) mass is 476 g/mol. The molecule has 176 valence electrons. The number of carbonyl (C=O) groups is 2. The third kappa shape index (κ3) is 4.93. The predicted octanol–water partition coefficient (Wildman–Crippen LogP) is 5.14. The molecule has 6 nitrogen and oxygen atoms in total. The van der Waals surface area contributed by atoms with Crippen LogP contribution < -0.4 is 10.6 Å². The minimum absolute atomic E-state index is 0.113. The van der Waals surface area contributed by atoms with Gasteiger partial charge in [-0.05, 0) is 54.9 Å². The van der Waals surface area contributed by atoms with Crippen molar-refractivity contribution in [3.8, 4) is 11.1 Å². The average Bonchev–Trinajstić information content (AvgIpc) is 3.35. The molecule has 1 aromatic heterocycles. The Morgan fingerprint density at radius 3 is 2.65 bits per heavy atom. The van der Waals surface area contributed by atoms with Crippen molar-refractivity contribution >= 4 is 40.9 Å². The highest BCUT2D eigenvalue weighted by Crippen LogP contribution is 2.40. The smallest absolute Gasteiger partial charge is 0.257 e. The Labute approximate surface area is 205 Å². The maximum absolute atomic E-state index is 12.9. The molecular formula is C27H29ClN4O2. The van der Waals surface area contributed by atoms with Crippen LogP contribution in [0.15, 0.2) is 54.9 Å². The molecule has 0 radical (unpaired) electrons. The standard InChI is InChI=1S/C27H29ClN4O2/c1-4-31(5-2)13-12-29-26(33)22-16-32(15-18(22)3)17-23-25-21(19-8-6-9-20(28)14-19)10-7-11-24(25)30-27(23)34/h6-11,14-17H,4-5,12-13H2,1-3H3,(H,29,33)(H,30,34). The van der Waals surface area contributed by atoms with Crippen LogP contribution in [0.3, 0.4) is 0 Å². The Morgan fingerprint density at radius 1 is 1.15 bits per heavy atom. The summed E-state index contributed by atoms with van der Waals surface area (Å²) in [6.45, 7) is 9.42. The summed E-state index contributed by atoms with van der Waals surface area (Å²) in [6, 6.07) is 13.4. The molecule has 3 aromatic rings. The minimum atomic E-state index is -0.180. The fourth-order valence-corrected chi connectivity index (χ4v) is 4.47. The molecule has 0 aliphatic carbocycles. The molecule has 0 atom stereocenters. The van der Waals surface area contributed by atoms with Gasteiger partial charge in [-0.1, -0.05) is 49.7 Å². The van der Waals surface area contributed by atoms with Crippen molar-refractivity contribution in [2.45, 2.75) is 20.8 Å². The summed E-state index contributed by atoms with van der Waals surface area (Å²) in [5, 5.41) is 6.58. The van der Waals surface area contributed by atoms with Crippen LogP contribution in [0.1, 0.15) is 35.3 Å². The minimum Gasteiger partial charge on any atom is -0.351 e. The molecule has 0 saturated heterocycles. The lowest BCUT2D eigenvalue weighted by atomic mass is 9.95. The second kappa shape index (κ2) is 10.3. The van der Waals surface area contributed by atoms with Gasteiger partial charge in [0.2, 0.25) is 0 Å². The maximum Gasteiger partial charge on any atom is 0.257 e. The Balaban J connectivity index is 1.62. The number of hydrogen-bond donors (Lipinski definition) is 2. The van der Waals surface area contributed by atoms with Gasteiger partial charge in [-0.15, -0.1) is 0 Å². The predicted molar refractivity (Wildman–Crippen MR) is 139 cm³/mol. The summed E-state index contributed by atoms with van der Waals surface area (Å²) < 4.78 is 1.79. The summed E-state index contributed by atoms with van der Waals surface area (Å²) in [5.41, 5.74) is 5.41. The highest BCUT2D eigenvalue weighted by Gasteiger charge is 2.27. The number of hydrogen-bond acceptors (Lipinski definition) is 3. The molecule has 7 heteroatoms. The van der Waals surface area contributed by atoms with Gasteiger partial charge in [0, 0.05) is 48.0 Å². The van der Waals surface area contributed by atoms with Gasteiger partial charge in [0.15, 0.2) is 0 Å². The number of nitrogens with zero attached hydrogens (tertiary/aromatic N) is 2. The van der Waals surface area contributed by atoms with Crippen LogP contribution in [0.2, 0.25) is 5.02 Å². The first kappa shape index (κ1) is 23.8. The van der Waals surface area contributed by atoms with Crippen molar-refractivity contribution in [1.82, 2.24) is 14.8 Å². The zero-order valence-corrected chi connectivity index (χ0v) is 20.4. The maximum atomic E-state index is 12.9. The number of halogens is 1. The topological polar surface area (TPSA) is 66.4 Å². The van der Waals surface area contributed by atoms with E-state index in [4.69, 9.17) is 11.6 Å². The van der Waals surface area contributed by atoms with E-state index in [1.165, 1.54) is 0 Å². The fraction of sp³-hybridized carbons (Fsp3) is 0.259. The Bertz CT molecular complexity index is 1260. The molecule has 0 unspecified atom stereocenters. The highest BCUT2D eigenvalue weighted by molar-refractivity contribution is 6.35. The third-order valence-corrected chi connectivity index (χ3v) is 6.37. The first-order valence-electron chi connectivity index (χ1n) is 11.5. The SMILES string of the molecule is CCN(CC)CCNC(=O)c1cn(C=C2C(=O)Nc3cccc(-c4cccc(Cl)c4)c32)cc1C. The number of amides is 2. The quantitative estimate of drug-likeness (QED) is 0.442. The van der Waals surface area contributed by atoms with E-state index in [0.29, 0.717) is 22.7 Å². The van der Waals surface area contributed by atoms with E-state index in [9.17, 15) is 9.59 Å². The van der Waals surface area contributed by atoms with E-state index >= 15 is 0 Å². The molecule has 4 rings (SSSR count). The van der Waals surface area contributed by atoms with Gasteiger partial charge in [0.1, 0.15) is 0 Å². The first-order valence-corrected chi connectivity index (χ1v) is 11.9. The van der Waals surface area contributed by atoms with Crippen molar-refractivity contribution in [2.24, 2.45) is 0 Å². The number of carbonyl (C=O) groups excluding carboxylic acids is 2. The number of aromatic nitrogens is 1. The van der Waals surface area contributed by atoms with Crippen molar-refractivity contribution in [1.29, 1.82) is 0 Å². The Hall–Kier alpha value is -3.35. The van der Waals surface area contributed by atoms with Crippen molar-refractivity contribution in [3.05, 3.63) is 76.6 Å². The second-order valence-corrected chi connectivity index (χ2v) is 8.76. The Morgan fingerprint density at radius 2 is 1.91 bits per heavy atom.